The number of rotatable bonds is 5. The molecule has 1 aliphatic rings. The highest BCUT2D eigenvalue weighted by Crippen LogP contribution is 2.48. The molecule has 0 saturated heterocycles. The fraction of sp³-hybridized carbons (Fsp3) is 0.444. The minimum Gasteiger partial charge on any atom is -0.469 e. The van der Waals surface area contributed by atoms with E-state index in [1.807, 2.05) is 0 Å². The van der Waals surface area contributed by atoms with E-state index in [9.17, 15) is 9.59 Å². The number of esters is 2. The lowest BCUT2D eigenvalue weighted by Gasteiger charge is -2.10. The predicted octanol–water partition coefficient (Wildman–Crippen LogP) is 2.65. The molecule has 0 unspecified atom stereocenters. The normalized spacial score (nSPS) is 13.0. The molecule has 1 fully saturated rings. The van der Waals surface area contributed by atoms with Crippen LogP contribution < -0.4 is 0 Å². The van der Waals surface area contributed by atoms with Gasteiger partial charge in [-0.15, -0.1) is 0 Å². The van der Waals surface area contributed by atoms with Crippen LogP contribution >= 0.6 is 31.9 Å². The predicted molar refractivity (Wildman–Crippen MR) is 110 cm³/mol. The number of aromatic nitrogens is 4. The van der Waals surface area contributed by atoms with Gasteiger partial charge in [0, 0.05) is 41.0 Å². The third-order valence-corrected chi connectivity index (χ3v) is 5.56. The van der Waals surface area contributed by atoms with Crippen molar-refractivity contribution >= 4 is 43.8 Å². The SMILES string of the molecule is BrCCBr.COC(=O)C1(c2cncnc2)CC1.COC(=O)Cc1cncnc1. The highest BCUT2D eigenvalue weighted by Gasteiger charge is 2.52. The number of carbonyl (C=O) groups is 2. The number of carbonyl (C=O) groups excluding carboxylic acids is 2. The Labute approximate surface area is 180 Å². The zero-order chi connectivity index (χ0) is 20.8. The Bertz CT molecular complexity index is 714. The van der Waals surface area contributed by atoms with Crippen LogP contribution in [0.1, 0.15) is 24.0 Å². The molecule has 0 amide bonds. The van der Waals surface area contributed by atoms with Crippen molar-refractivity contribution in [2.75, 3.05) is 24.9 Å². The first-order valence-electron chi connectivity index (χ1n) is 8.30. The second-order valence-corrected chi connectivity index (χ2v) is 7.16. The van der Waals surface area contributed by atoms with Crippen LogP contribution in [0.4, 0.5) is 0 Å². The summed E-state index contributed by atoms with van der Waals surface area (Å²) in [6.45, 7) is 0. The van der Waals surface area contributed by atoms with Crippen molar-refractivity contribution in [1.29, 1.82) is 0 Å². The van der Waals surface area contributed by atoms with E-state index in [0.29, 0.717) is 0 Å². The Balaban J connectivity index is 0.000000239. The zero-order valence-electron chi connectivity index (χ0n) is 15.7. The number of methoxy groups -OCH3 is 2. The van der Waals surface area contributed by atoms with Gasteiger partial charge in [0.25, 0.3) is 0 Å². The van der Waals surface area contributed by atoms with Gasteiger partial charge in [0.05, 0.1) is 26.1 Å². The Morgan fingerprint density at radius 1 is 0.929 bits per heavy atom. The minimum absolute atomic E-state index is 0.178. The summed E-state index contributed by atoms with van der Waals surface area (Å²) in [4.78, 5) is 37.4. The van der Waals surface area contributed by atoms with Crippen molar-refractivity contribution in [1.82, 2.24) is 19.9 Å². The summed E-state index contributed by atoms with van der Waals surface area (Å²) >= 11 is 6.40. The average Bonchev–Trinajstić information content (AvgIpc) is 3.57. The van der Waals surface area contributed by atoms with E-state index in [1.165, 1.54) is 26.9 Å². The number of halogens is 2. The Hall–Kier alpha value is -1.94. The molecule has 0 bridgehead atoms. The van der Waals surface area contributed by atoms with Gasteiger partial charge in [-0.25, -0.2) is 19.9 Å². The topological polar surface area (TPSA) is 104 Å². The number of alkyl halides is 2. The average molecular weight is 518 g/mol. The molecule has 0 aliphatic heterocycles. The second kappa shape index (κ2) is 13.3. The molecular weight excluding hydrogens is 496 g/mol. The summed E-state index contributed by atoms with van der Waals surface area (Å²) in [5.74, 6) is -0.456. The van der Waals surface area contributed by atoms with Gasteiger partial charge in [-0.05, 0) is 18.4 Å². The zero-order valence-corrected chi connectivity index (χ0v) is 18.8. The largest absolute Gasteiger partial charge is 0.469 e. The van der Waals surface area contributed by atoms with Crippen LogP contribution in [0.2, 0.25) is 0 Å². The van der Waals surface area contributed by atoms with Gasteiger partial charge in [-0.3, -0.25) is 9.59 Å². The summed E-state index contributed by atoms with van der Waals surface area (Å²) in [5.41, 5.74) is 1.19. The number of nitrogens with zero attached hydrogens (tertiary/aromatic N) is 4. The molecule has 1 saturated carbocycles. The van der Waals surface area contributed by atoms with Crippen LogP contribution in [0.3, 0.4) is 0 Å². The van der Waals surface area contributed by atoms with E-state index >= 15 is 0 Å². The highest BCUT2D eigenvalue weighted by molar-refractivity contribution is 9.11. The van der Waals surface area contributed by atoms with E-state index in [0.717, 1.165) is 34.6 Å². The summed E-state index contributed by atoms with van der Waals surface area (Å²) in [6.07, 6.45) is 11.3. The summed E-state index contributed by atoms with van der Waals surface area (Å²) in [6, 6.07) is 0. The van der Waals surface area contributed by atoms with Crippen molar-refractivity contribution in [2.24, 2.45) is 0 Å². The van der Waals surface area contributed by atoms with E-state index < -0.39 is 5.41 Å². The molecule has 2 aromatic rings. The lowest BCUT2D eigenvalue weighted by atomic mass is 10.00. The molecule has 2 heterocycles. The number of ether oxygens (including phenoxy) is 2. The fourth-order valence-electron chi connectivity index (χ4n) is 2.14. The lowest BCUT2D eigenvalue weighted by Crippen LogP contribution is -2.22. The summed E-state index contributed by atoms with van der Waals surface area (Å²) in [7, 11) is 2.76. The Kier molecular flexibility index (Phi) is 11.4. The van der Waals surface area contributed by atoms with E-state index in [1.54, 1.807) is 24.8 Å². The van der Waals surface area contributed by atoms with Crippen LogP contribution in [0.15, 0.2) is 37.4 Å². The molecule has 10 heteroatoms. The van der Waals surface area contributed by atoms with Crippen LogP contribution in [0.5, 0.6) is 0 Å². The number of hydrogen-bond acceptors (Lipinski definition) is 8. The maximum absolute atomic E-state index is 11.4. The molecular formula is C18H22Br2N4O4. The Morgan fingerprint density at radius 2 is 1.43 bits per heavy atom. The third-order valence-electron chi connectivity index (χ3n) is 3.70. The fourth-order valence-corrected chi connectivity index (χ4v) is 2.14. The van der Waals surface area contributed by atoms with Gasteiger partial charge in [0.1, 0.15) is 12.7 Å². The quantitative estimate of drug-likeness (QED) is 0.440. The van der Waals surface area contributed by atoms with Gasteiger partial charge in [-0.2, -0.15) is 0 Å². The smallest absolute Gasteiger partial charge is 0.316 e. The molecule has 2 aromatic heterocycles. The van der Waals surface area contributed by atoms with Gasteiger partial charge in [0.2, 0.25) is 0 Å². The third kappa shape index (κ3) is 7.97. The first kappa shape index (κ1) is 24.1. The van der Waals surface area contributed by atoms with Crippen molar-refractivity contribution in [2.45, 2.75) is 24.7 Å². The van der Waals surface area contributed by atoms with Crippen molar-refractivity contribution in [3.05, 3.63) is 48.6 Å². The molecule has 3 rings (SSSR count). The summed E-state index contributed by atoms with van der Waals surface area (Å²) < 4.78 is 9.20. The molecule has 0 aromatic carbocycles. The van der Waals surface area contributed by atoms with E-state index in [-0.39, 0.29) is 18.4 Å². The van der Waals surface area contributed by atoms with E-state index in [4.69, 9.17) is 4.74 Å². The minimum atomic E-state index is -0.435. The van der Waals surface area contributed by atoms with Crippen molar-refractivity contribution in [3.63, 3.8) is 0 Å². The highest BCUT2D eigenvalue weighted by atomic mass is 79.9. The molecule has 152 valence electrons. The molecule has 0 spiro atoms. The van der Waals surface area contributed by atoms with Crippen LogP contribution in [-0.4, -0.2) is 56.8 Å². The molecule has 8 nitrogen and oxygen atoms in total. The molecule has 0 radical (unpaired) electrons. The second-order valence-electron chi connectivity index (χ2n) is 5.58. The lowest BCUT2D eigenvalue weighted by molar-refractivity contribution is -0.143. The molecule has 0 N–H and O–H groups in total. The van der Waals surface area contributed by atoms with Crippen molar-refractivity contribution < 1.29 is 19.1 Å². The number of hydrogen-bond donors (Lipinski definition) is 0. The van der Waals surface area contributed by atoms with E-state index in [2.05, 4.69) is 56.5 Å². The van der Waals surface area contributed by atoms with Crippen molar-refractivity contribution in [3.8, 4) is 0 Å². The maximum atomic E-state index is 11.4. The standard InChI is InChI=1S/C9H10N2O2.C7H8N2O2.C2H4Br2/c1-13-8(12)9(2-3-9)7-4-10-6-11-5-7;1-11-7(10)2-6-3-8-5-9-4-6;3-1-2-4/h4-6H,2-3H2,1H3;3-5H,2H2,1H3;1-2H2. The molecule has 1 aliphatic carbocycles. The van der Waals surface area contributed by atoms with Gasteiger partial charge in [0.15, 0.2) is 0 Å². The van der Waals surface area contributed by atoms with Gasteiger partial charge < -0.3 is 9.47 Å². The van der Waals surface area contributed by atoms with Crippen LogP contribution in [0.25, 0.3) is 0 Å². The van der Waals surface area contributed by atoms with Gasteiger partial charge in [-0.1, -0.05) is 31.9 Å². The first-order chi connectivity index (χ1) is 13.5. The Morgan fingerprint density at radius 3 is 1.82 bits per heavy atom. The molecule has 0 atom stereocenters. The monoisotopic (exact) mass is 516 g/mol. The summed E-state index contributed by atoms with van der Waals surface area (Å²) in [5, 5.41) is 2.10. The maximum Gasteiger partial charge on any atom is 0.316 e. The first-order valence-corrected chi connectivity index (χ1v) is 10.5. The van der Waals surface area contributed by atoms with Crippen LogP contribution in [0, 0.1) is 0 Å². The van der Waals surface area contributed by atoms with Gasteiger partial charge >= 0.3 is 11.9 Å². The van der Waals surface area contributed by atoms with Crippen LogP contribution in [-0.2, 0) is 30.9 Å². The molecule has 28 heavy (non-hydrogen) atoms.